The van der Waals surface area contributed by atoms with Gasteiger partial charge in [0.15, 0.2) is 0 Å². The molecule has 1 aliphatic heterocycles. The van der Waals surface area contributed by atoms with Crippen LogP contribution in [0.3, 0.4) is 0 Å². The Labute approximate surface area is 187 Å². The van der Waals surface area contributed by atoms with Crippen molar-refractivity contribution in [3.05, 3.63) is 17.6 Å². The minimum atomic E-state index is 0.536. The van der Waals surface area contributed by atoms with Gasteiger partial charge in [-0.15, -0.1) is 16.4 Å². The predicted octanol–water partition coefficient (Wildman–Crippen LogP) is 3.79. The van der Waals surface area contributed by atoms with E-state index in [-0.39, 0.29) is 0 Å². The topological polar surface area (TPSA) is 64.4 Å². The van der Waals surface area contributed by atoms with Gasteiger partial charge in [0.1, 0.15) is 22.1 Å². The van der Waals surface area contributed by atoms with E-state index in [4.69, 9.17) is 19.3 Å². The lowest BCUT2D eigenvalue weighted by Crippen LogP contribution is -2.30. The number of nitrogens with zero attached hydrogens (tertiary/aromatic N) is 5. The molecule has 4 heterocycles. The molecule has 31 heavy (non-hydrogen) atoms. The van der Waals surface area contributed by atoms with Crippen LogP contribution >= 0.6 is 11.3 Å². The van der Waals surface area contributed by atoms with Gasteiger partial charge in [-0.25, -0.2) is 9.50 Å². The number of ether oxygens (including phenoxy) is 3. The molecule has 0 amide bonds. The zero-order valence-corrected chi connectivity index (χ0v) is 19.7. The maximum Gasteiger partial charge on any atom is 0.258 e. The Hall–Kier alpha value is -2.52. The zero-order valence-electron chi connectivity index (χ0n) is 18.9. The quantitative estimate of drug-likeness (QED) is 0.496. The second-order valence-corrected chi connectivity index (χ2v) is 8.87. The first-order chi connectivity index (χ1) is 15.1. The third-order valence-corrected chi connectivity index (χ3v) is 6.54. The maximum atomic E-state index is 5.73. The molecule has 0 spiro atoms. The molecule has 0 aromatic carbocycles. The van der Waals surface area contributed by atoms with Gasteiger partial charge in [0.2, 0.25) is 0 Å². The lowest BCUT2D eigenvalue weighted by atomic mass is 10.1. The molecule has 168 valence electrons. The fourth-order valence-corrected chi connectivity index (χ4v) is 5.04. The number of aromatic nitrogens is 3. The lowest BCUT2D eigenvalue weighted by molar-refractivity contribution is 0.186. The molecule has 1 unspecified atom stereocenters. The smallest absolute Gasteiger partial charge is 0.258 e. The van der Waals surface area contributed by atoms with Gasteiger partial charge in [-0.3, -0.25) is 0 Å². The van der Waals surface area contributed by atoms with Gasteiger partial charge >= 0.3 is 0 Å². The molecule has 9 heteroatoms. The van der Waals surface area contributed by atoms with E-state index in [9.17, 15) is 0 Å². The van der Waals surface area contributed by atoms with Gasteiger partial charge in [0.05, 0.1) is 32.1 Å². The fraction of sp³-hybridized carbons (Fsp3) is 0.545. The maximum absolute atomic E-state index is 5.73. The third-order valence-electron chi connectivity index (χ3n) is 5.61. The summed E-state index contributed by atoms with van der Waals surface area (Å²) in [6.45, 7) is 5.77. The number of hydrogen-bond acceptors (Lipinski definition) is 8. The van der Waals surface area contributed by atoms with Crippen molar-refractivity contribution >= 4 is 27.7 Å². The Morgan fingerprint density at radius 1 is 1.29 bits per heavy atom. The highest BCUT2D eigenvalue weighted by Gasteiger charge is 2.27. The van der Waals surface area contributed by atoms with Crippen molar-refractivity contribution in [3.8, 4) is 22.9 Å². The monoisotopic (exact) mass is 445 g/mol. The zero-order chi connectivity index (χ0) is 22.0. The second-order valence-electron chi connectivity index (χ2n) is 8.01. The average molecular weight is 446 g/mol. The molecule has 4 rings (SSSR count). The first kappa shape index (κ1) is 21.7. The standard InChI is InChI=1S/C22H31N5O3S/c1-6-8-26(12-15-7-9-30-13-15)20-21(29-5)24-27-17(14-31-22(20)27)16-11-23-19(25(2)3)10-18(16)28-4/h10-11,14-15H,6-9,12-13H2,1-5H3. The third kappa shape index (κ3) is 4.16. The fourth-order valence-electron chi connectivity index (χ4n) is 4.03. The van der Waals surface area contributed by atoms with E-state index in [1.54, 1.807) is 25.6 Å². The van der Waals surface area contributed by atoms with E-state index in [1.165, 1.54) is 0 Å². The van der Waals surface area contributed by atoms with Crippen molar-refractivity contribution < 1.29 is 14.2 Å². The van der Waals surface area contributed by atoms with Crippen LogP contribution in [-0.2, 0) is 4.74 Å². The minimum absolute atomic E-state index is 0.536. The van der Waals surface area contributed by atoms with E-state index < -0.39 is 0 Å². The Kier molecular flexibility index (Phi) is 6.52. The molecular formula is C22H31N5O3S. The van der Waals surface area contributed by atoms with Crippen LogP contribution in [0.1, 0.15) is 19.8 Å². The lowest BCUT2D eigenvalue weighted by Gasteiger charge is -2.26. The van der Waals surface area contributed by atoms with Crippen LogP contribution < -0.4 is 19.3 Å². The number of rotatable bonds is 9. The van der Waals surface area contributed by atoms with Crippen LogP contribution in [0, 0.1) is 5.92 Å². The van der Waals surface area contributed by atoms with Crippen molar-refractivity contribution in [3.63, 3.8) is 0 Å². The first-order valence-corrected chi connectivity index (χ1v) is 11.5. The molecule has 0 radical (unpaired) electrons. The Bertz CT molecular complexity index is 1030. The molecule has 1 saturated heterocycles. The molecule has 1 aliphatic rings. The Morgan fingerprint density at radius 2 is 2.13 bits per heavy atom. The molecule has 8 nitrogen and oxygen atoms in total. The normalized spacial score (nSPS) is 16.1. The van der Waals surface area contributed by atoms with Gasteiger partial charge < -0.3 is 24.0 Å². The molecule has 1 fully saturated rings. The van der Waals surface area contributed by atoms with Crippen molar-refractivity contribution in [1.29, 1.82) is 0 Å². The minimum Gasteiger partial charge on any atom is -0.496 e. The Morgan fingerprint density at radius 3 is 2.77 bits per heavy atom. The average Bonchev–Trinajstić information content (AvgIpc) is 3.49. The van der Waals surface area contributed by atoms with Crippen LogP contribution in [-0.4, -0.2) is 69.2 Å². The van der Waals surface area contributed by atoms with E-state index in [1.807, 2.05) is 35.8 Å². The summed E-state index contributed by atoms with van der Waals surface area (Å²) in [4.78, 5) is 10.0. The highest BCUT2D eigenvalue weighted by Crippen LogP contribution is 2.41. The number of pyridine rings is 1. The number of methoxy groups -OCH3 is 2. The summed E-state index contributed by atoms with van der Waals surface area (Å²) in [5, 5.41) is 6.93. The van der Waals surface area contributed by atoms with E-state index >= 15 is 0 Å². The highest BCUT2D eigenvalue weighted by molar-refractivity contribution is 7.16. The van der Waals surface area contributed by atoms with Crippen LogP contribution in [0.25, 0.3) is 16.1 Å². The molecule has 3 aromatic rings. The van der Waals surface area contributed by atoms with Crippen LogP contribution in [0.2, 0.25) is 0 Å². The molecule has 3 aromatic heterocycles. The van der Waals surface area contributed by atoms with E-state index in [0.717, 1.165) is 72.5 Å². The number of anilines is 2. The van der Waals surface area contributed by atoms with Crippen molar-refractivity contribution in [2.24, 2.45) is 5.92 Å². The Balaban J connectivity index is 1.78. The van der Waals surface area contributed by atoms with Crippen LogP contribution in [0.4, 0.5) is 11.5 Å². The predicted molar refractivity (Wildman–Crippen MR) is 125 cm³/mol. The van der Waals surface area contributed by atoms with E-state index in [0.29, 0.717) is 11.8 Å². The van der Waals surface area contributed by atoms with Crippen LogP contribution in [0.15, 0.2) is 17.6 Å². The summed E-state index contributed by atoms with van der Waals surface area (Å²) < 4.78 is 19.0. The summed E-state index contributed by atoms with van der Waals surface area (Å²) >= 11 is 1.67. The largest absolute Gasteiger partial charge is 0.496 e. The van der Waals surface area contributed by atoms with Gasteiger partial charge in [-0.2, -0.15) is 0 Å². The molecule has 1 atom stereocenters. The molecular weight excluding hydrogens is 414 g/mol. The van der Waals surface area contributed by atoms with E-state index in [2.05, 4.69) is 22.2 Å². The van der Waals surface area contributed by atoms with Crippen molar-refractivity contribution in [2.75, 3.05) is 64.4 Å². The summed E-state index contributed by atoms with van der Waals surface area (Å²) in [7, 11) is 7.30. The molecule has 0 saturated carbocycles. The summed E-state index contributed by atoms with van der Waals surface area (Å²) in [5.74, 6) is 2.80. The molecule has 0 aliphatic carbocycles. The number of fused-ring (bicyclic) bond motifs is 1. The van der Waals surface area contributed by atoms with Gasteiger partial charge in [0, 0.05) is 57.4 Å². The summed E-state index contributed by atoms with van der Waals surface area (Å²) in [6.07, 6.45) is 4.00. The molecule has 0 N–H and O–H groups in total. The van der Waals surface area contributed by atoms with Crippen molar-refractivity contribution in [2.45, 2.75) is 19.8 Å². The summed E-state index contributed by atoms with van der Waals surface area (Å²) in [5.41, 5.74) is 2.91. The van der Waals surface area contributed by atoms with Gasteiger partial charge in [0.25, 0.3) is 5.88 Å². The number of thiazole rings is 1. The SMILES string of the molecule is CCCN(CC1CCOC1)c1c(OC)nn2c(-c3cnc(N(C)C)cc3OC)csc12. The number of hydrogen-bond donors (Lipinski definition) is 0. The van der Waals surface area contributed by atoms with Crippen LogP contribution in [0.5, 0.6) is 11.6 Å². The highest BCUT2D eigenvalue weighted by atomic mass is 32.1. The molecule has 0 bridgehead atoms. The second kappa shape index (κ2) is 9.32. The van der Waals surface area contributed by atoms with Gasteiger partial charge in [-0.05, 0) is 12.8 Å². The van der Waals surface area contributed by atoms with Gasteiger partial charge in [-0.1, -0.05) is 6.92 Å². The first-order valence-electron chi connectivity index (χ1n) is 10.7. The summed E-state index contributed by atoms with van der Waals surface area (Å²) in [6, 6.07) is 1.95. The van der Waals surface area contributed by atoms with Crippen molar-refractivity contribution in [1.82, 2.24) is 14.6 Å².